The first kappa shape index (κ1) is 15.6. The lowest BCUT2D eigenvalue weighted by atomic mass is 10.1. The number of aromatic hydroxyl groups is 1. The average molecular weight is 289 g/mol. The molecule has 0 aliphatic heterocycles. The molecule has 0 aliphatic carbocycles. The van der Waals surface area contributed by atoms with E-state index in [1.165, 1.54) is 5.56 Å². The van der Waals surface area contributed by atoms with Crippen LogP contribution in [0.3, 0.4) is 0 Å². The van der Waals surface area contributed by atoms with Gasteiger partial charge in [0, 0.05) is 12.6 Å². The van der Waals surface area contributed by atoms with Crippen LogP contribution in [-0.2, 0) is 17.8 Å². The highest BCUT2D eigenvalue weighted by Gasteiger charge is 2.03. The first-order valence-electron chi connectivity index (χ1n) is 7.35. The van der Waals surface area contributed by atoms with Crippen LogP contribution in [0.2, 0.25) is 0 Å². The minimum absolute atomic E-state index is 0.313. The summed E-state index contributed by atoms with van der Waals surface area (Å²) in [7, 11) is 0. The third-order valence-corrected chi connectivity index (χ3v) is 3.26. The SMILES string of the molecule is CC(Cc1ccc(O)cc1)NCCCOCc1ccco1. The molecule has 0 spiro atoms. The van der Waals surface area contributed by atoms with Crippen LogP contribution in [0.25, 0.3) is 0 Å². The van der Waals surface area contributed by atoms with Gasteiger partial charge in [-0.3, -0.25) is 0 Å². The topological polar surface area (TPSA) is 54.6 Å². The second-order valence-corrected chi connectivity index (χ2v) is 5.21. The third-order valence-electron chi connectivity index (χ3n) is 3.26. The molecule has 0 bridgehead atoms. The molecule has 1 aromatic heterocycles. The molecule has 4 heteroatoms. The zero-order valence-electron chi connectivity index (χ0n) is 12.4. The molecular weight excluding hydrogens is 266 g/mol. The normalized spacial score (nSPS) is 12.4. The van der Waals surface area contributed by atoms with Crippen molar-refractivity contribution in [2.24, 2.45) is 0 Å². The van der Waals surface area contributed by atoms with E-state index < -0.39 is 0 Å². The van der Waals surface area contributed by atoms with Crippen molar-refractivity contribution >= 4 is 0 Å². The predicted octanol–water partition coefficient (Wildman–Crippen LogP) is 3.11. The molecule has 0 radical (unpaired) electrons. The van der Waals surface area contributed by atoms with Gasteiger partial charge in [0.2, 0.25) is 0 Å². The molecule has 2 rings (SSSR count). The molecule has 0 saturated heterocycles. The van der Waals surface area contributed by atoms with Crippen molar-refractivity contribution < 1.29 is 14.3 Å². The van der Waals surface area contributed by atoms with Crippen molar-refractivity contribution in [2.75, 3.05) is 13.2 Å². The number of phenolic OH excluding ortho intramolecular Hbond substituents is 1. The van der Waals surface area contributed by atoms with E-state index in [0.717, 1.165) is 31.8 Å². The summed E-state index contributed by atoms with van der Waals surface area (Å²) in [6.45, 7) is 4.35. The van der Waals surface area contributed by atoms with Crippen LogP contribution in [0, 0.1) is 0 Å². The largest absolute Gasteiger partial charge is 0.508 e. The Labute approximate surface area is 125 Å². The average Bonchev–Trinajstić information content (AvgIpc) is 2.98. The summed E-state index contributed by atoms with van der Waals surface area (Å²) in [6, 6.07) is 11.6. The van der Waals surface area contributed by atoms with E-state index in [1.54, 1.807) is 18.4 Å². The molecule has 1 unspecified atom stereocenters. The Bertz CT molecular complexity index is 493. The van der Waals surface area contributed by atoms with Gasteiger partial charge in [-0.1, -0.05) is 12.1 Å². The highest BCUT2D eigenvalue weighted by atomic mass is 16.5. The van der Waals surface area contributed by atoms with Crippen LogP contribution in [0.15, 0.2) is 47.1 Å². The lowest BCUT2D eigenvalue weighted by Gasteiger charge is -2.14. The molecule has 2 aromatic rings. The van der Waals surface area contributed by atoms with Gasteiger partial charge in [-0.25, -0.2) is 0 Å². The maximum Gasteiger partial charge on any atom is 0.129 e. The Morgan fingerprint density at radius 2 is 2.05 bits per heavy atom. The number of hydrogen-bond acceptors (Lipinski definition) is 4. The Hall–Kier alpha value is -1.78. The maximum atomic E-state index is 9.25. The van der Waals surface area contributed by atoms with Crippen LogP contribution in [0.1, 0.15) is 24.7 Å². The first-order valence-corrected chi connectivity index (χ1v) is 7.35. The number of ether oxygens (including phenoxy) is 1. The van der Waals surface area contributed by atoms with Gasteiger partial charge in [0.05, 0.1) is 6.26 Å². The molecule has 0 amide bonds. The summed E-state index contributed by atoms with van der Waals surface area (Å²) >= 11 is 0. The Morgan fingerprint density at radius 1 is 1.24 bits per heavy atom. The van der Waals surface area contributed by atoms with E-state index in [0.29, 0.717) is 18.4 Å². The monoisotopic (exact) mass is 289 g/mol. The van der Waals surface area contributed by atoms with Gasteiger partial charge < -0.3 is 19.6 Å². The zero-order chi connectivity index (χ0) is 14.9. The lowest BCUT2D eigenvalue weighted by molar-refractivity contribution is 0.104. The fourth-order valence-corrected chi connectivity index (χ4v) is 2.15. The molecule has 1 heterocycles. The molecule has 2 N–H and O–H groups in total. The summed E-state index contributed by atoms with van der Waals surface area (Å²) < 4.78 is 10.7. The zero-order valence-corrected chi connectivity index (χ0v) is 12.4. The van der Waals surface area contributed by atoms with Crippen molar-refractivity contribution in [3.63, 3.8) is 0 Å². The second kappa shape index (κ2) is 8.49. The van der Waals surface area contributed by atoms with Crippen molar-refractivity contribution in [2.45, 2.75) is 32.4 Å². The number of furan rings is 1. The van der Waals surface area contributed by atoms with Gasteiger partial charge >= 0.3 is 0 Å². The quantitative estimate of drug-likeness (QED) is 0.696. The van der Waals surface area contributed by atoms with E-state index in [2.05, 4.69) is 12.2 Å². The number of rotatable bonds is 9. The summed E-state index contributed by atoms with van der Waals surface area (Å²) in [5, 5.41) is 12.7. The maximum absolute atomic E-state index is 9.25. The van der Waals surface area contributed by atoms with Gasteiger partial charge in [0.1, 0.15) is 18.1 Å². The van der Waals surface area contributed by atoms with Crippen LogP contribution >= 0.6 is 0 Å². The Kier molecular flexibility index (Phi) is 6.31. The Balaban J connectivity index is 1.52. The lowest BCUT2D eigenvalue weighted by Crippen LogP contribution is -2.29. The summed E-state index contributed by atoms with van der Waals surface area (Å²) in [6.07, 6.45) is 3.58. The van der Waals surface area contributed by atoms with Crippen molar-refractivity contribution in [1.82, 2.24) is 5.32 Å². The standard InChI is InChI=1S/C17H23NO3/c1-14(12-15-5-7-16(19)8-6-15)18-9-3-10-20-13-17-4-2-11-21-17/h2,4-8,11,14,18-19H,3,9-10,12-13H2,1H3. The highest BCUT2D eigenvalue weighted by molar-refractivity contribution is 5.26. The van der Waals surface area contributed by atoms with Crippen LogP contribution in [0.5, 0.6) is 5.75 Å². The molecule has 0 aliphatic rings. The van der Waals surface area contributed by atoms with Gasteiger partial charge in [-0.2, -0.15) is 0 Å². The van der Waals surface area contributed by atoms with Crippen LogP contribution in [-0.4, -0.2) is 24.3 Å². The molecular formula is C17H23NO3. The number of nitrogens with one attached hydrogen (secondary N) is 1. The fourth-order valence-electron chi connectivity index (χ4n) is 2.15. The van der Waals surface area contributed by atoms with Crippen LogP contribution < -0.4 is 5.32 Å². The highest BCUT2D eigenvalue weighted by Crippen LogP contribution is 2.11. The number of benzene rings is 1. The fraction of sp³-hybridized carbons (Fsp3) is 0.412. The van der Waals surface area contributed by atoms with Gasteiger partial charge in [-0.15, -0.1) is 0 Å². The van der Waals surface area contributed by atoms with Gasteiger partial charge in [0.15, 0.2) is 0 Å². The molecule has 1 aromatic carbocycles. The summed E-state index contributed by atoms with van der Waals surface area (Å²) in [4.78, 5) is 0. The number of phenols is 1. The van der Waals surface area contributed by atoms with E-state index >= 15 is 0 Å². The van der Waals surface area contributed by atoms with Gasteiger partial charge in [0.25, 0.3) is 0 Å². The molecule has 1 atom stereocenters. The number of hydrogen-bond donors (Lipinski definition) is 2. The molecule has 114 valence electrons. The summed E-state index contributed by atoms with van der Waals surface area (Å²) in [5.74, 6) is 1.18. The van der Waals surface area contributed by atoms with E-state index in [-0.39, 0.29) is 0 Å². The Morgan fingerprint density at radius 3 is 2.76 bits per heavy atom. The van der Waals surface area contributed by atoms with Gasteiger partial charge in [-0.05, 0) is 56.1 Å². The van der Waals surface area contributed by atoms with Crippen LogP contribution in [0.4, 0.5) is 0 Å². The molecule has 21 heavy (non-hydrogen) atoms. The van der Waals surface area contributed by atoms with Crippen molar-refractivity contribution in [3.05, 3.63) is 54.0 Å². The third kappa shape index (κ3) is 6.02. The predicted molar refractivity (Wildman–Crippen MR) is 82.3 cm³/mol. The molecule has 4 nitrogen and oxygen atoms in total. The minimum Gasteiger partial charge on any atom is -0.508 e. The first-order chi connectivity index (χ1) is 10.2. The van der Waals surface area contributed by atoms with E-state index in [9.17, 15) is 5.11 Å². The summed E-state index contributed by atoms with van der Waals surface area (Å²) in [5.41, 5.74) is 1.22. The smallest absolute Gasteiger partial charge is 0.129 e. The van der Waals surface area contributed by atoms with Crippen molar-refractivity contribution in [3.8, 4) is 5.75 Å². The molecule has 0 saturated carbocycles. The van der Waals surface area contributed by atoms with E-state index in [4.69, 9.17) is 9.15 Å². The van der Waals surface area contributed by atoms with E-state index in [1.807, 2.05) is 24.3 Å². The second-order valence-electron chi connectivity index (χ2n) is 5.21. The molecule has 0 fully saturated rings. The van der Waals surface area contributed by atoms with Crippen molar-refractivity contribution in [1.29, 1.82) is 0 Å². The minimum atomic E-state index is 0.313.